The van der Waals surface area contributed by atoms with Crippen LogP contribution < -0.4 is 10.5 Å². The lowest BCUT2D eigenvalue weighted by Gasteiger charge is -1.82. The molecule has 0 saturated heterocycles. The van der Waals surface area contributed by atoms with Crippen molar-refractivity contribution in [2.75, 3.05) is 6.54 Å². The van der Waals surface area contributed by atoms with Gasteiger partial charge >= 0.3 is 0 Å². The summed E-state index contributed by atoms with van der Waals surface area (Å²) in [5.41, 5.74) is 2.92. The molecule has 0 aliphatic carbocycles. The predicted octanol–water partition coefficient (Wildman–Crippen LogP) is 0.0815. The number of hydrogen-bond acceptors (Lipinski definition) is 2. The molecule has 1 radical (unpaired) electrons. The third kappa shape index (κ3) is 1.57. The lowest BCUT2D eigenvalue weighted by Crippen LogP contribution is -2.15. The van der Waals surface area contributed by atoms with Crippen molar-refractivity contribution in [3.63, 3.8) is 0 Å². The van der Waals surface area contributed by atoms with E-state index in [9.17, 15) is 0 Å². The van der Waals surface area contributed by atoms with Gasteiger partial charge in [-0.05, 0) is 12.8 Å². The maximum atomic E-state index is 3.90. The standard InChI is InChI=1S/C5H10N2/c1-2-4-6-7-5-3-1/h4,7H,1-3,5H2/q+1. The third-order valence-corrected chi connectivity index (χ3v) is 1.05. The Morgan fingerprint density at radius 1 is 1.43 bits per heavy atom. The fourth-order valence-corrected chi connectivity index (χ4v) is 0.633. The SMILES string of the molecule is C1=[N+]NCCCC1. The van der Waals surface area contributed by atoms with E-state index >= 15 is 0 Å². The zero-order valence-electron chi connectivity index (χ0n) is 4.35. The Bertz CT molecular complexity index is 60.5. The Balaban J connectivity index is 2.20. The summed E-state index contributed by atoms with van der Waals surface area (Å²) in [4.78, 5) is 0. The predicted molar refractivity (Wildman–Crippen MR) is 30.1 cm³/mol. The minimum absolute atomic E-state index is 1.05. The Labute approximate surface area is 43.6 Å². The number of nitrogens with one attached hydrogen (secondary N) is 1. The third-order valence-electron chi connectivity index (χ3n) is 1.05. The monoisotopic (exact) mass is 98.1 g/mol. The van der Waals surface area contributed by atoms with Crippen molar-refractivity contribution in [1.82, 2.24) is 10.5 Å². The van der Waals surface area contributed by atoms with Crippen LogP contribution in [0, 0.1) is 0 Å². The normalized spacial score (nSPS) is 20.6. The summed E-state index contributed by atoms with van der Waals surface area (Å²) in [6, 6.07) is 0. The second-order valence-corrected chi connectivity index (χ2v) is 1.72. The van der Waals surface area contributed by atoms with E-state index in [-0.39, 0.29) is 0 Å². The van der Waals surface area contributed by atoms with Crippen LogP contribution in [-0.4, -0.2) is 12.8 Å². The molecule has 2 heteroatoms. The molecule has 0 aromatic heterocycles. The number of nitrogens with zero attached hydrogens (tertiary/aromatic N) is 1. The smallest absolute Gasteiger partial charge is 0.134 e. The fourth-order valence-electron chi connectivity index (χ4n) is 0.633. The average Bonchev–Trinajstić information content (AvgIpc) is 1.90. The average molecular weight is 98.1 g/mol. The Hall–Kier alpha value is -0.530. The van der Waals surface area contributed by atoms with E-state index in [1.54, 1.807) is 0 Å². The van der Waals surface area contributed by atoms with Gasteiger partial charge < -0.3 is 0 Å². The highest BCUT2D eigenvalue weighted by molar-refractivity contribution is 5.55. The van der Waals surface area contributed by atoms with Gasteiger partial charge in [0.1, 0.15) is 0 Å². The minimum Gasteiger partial charge on any atom is -0.134 e. The first-order valence-electron chi connectivity index (χ1n) is 2.74. The highest BCUT2D eigenvalue weighted by atomic mass is 15.3. The number of hydrazone groups is 1. The summed E-state index contributed by atoms with van der Waals surface area (Å²) in [5, 5.41) is 3.90. The van der Waals surface area contributed by atoms with Crippen molar-refractivity contribution in [1.29, 1.82) is 0 Å². The first kappa shape index (κ1) is 4.62. The van der Waals surface area contributed by atoms with Gasteiger partial charge in [0, 0.05) is 6.42 Å². The summed E-state index contributed by atoms with van der Waals surface area (Å²) in [7, 11) is 0. The van der Waals surface area contributed by atoms with Crippen molar-refractivity contribution >= 4 is 6.21 Å². The summed E-state index contributed by atoms with van der Waals surface area (Å²) in [6.45, 7) is 1.05. The number of rotatable bonds is 0. The molecule has 0 spiro atoms. The molecule has 0 bridgehead atoms. The molecule has 0 atom stereocenters. The molecular formula is C5H10N2+. The fraction of sp³-hybridized carbons (Fsp3) is 0.800. The van der Waals surface area contributed by atoms with Crippen LogP contribution in [0.25, 0.3) is 0 Å². The van der Waals surface area contributed by atoms with Crippen molar-refractivity contribution in [3.05, 3.63) is 0 Å². The highest BCUT2D eigenvalue weighted by Gasteiger charge is 1.97. The molecule has 1 aliphatic heterocycles. The first-order chi connectivity index (χ1) is 3.50. The summed E-state index contributed by atoms with van der Waals surface area (Å²) < 4.78 is 0. The first-order valence-corrected chi connectivity index (χ1v) is 2.74. The van der Waals surface area contributed by atoms with Crippen LogP contribution >= 0.6 is 0 Å². The van der Waals surface area contributed by atoms with Crippen molar-refractivity contribution in [2.45, 2.75) is 19.3 Å². The van der Waals surface area contributed by atoms with Gasteiger partial charge in [0.15, 0.2) is 5.10 Å². The molecule has 0 fully saturated rings. The van der Waals surface area contributed by atoms with Gasteiger partial charge in [-0.15, -0.1) is 5.43 Å². The van der Waals surface area contributed by atoms with Crippen LogP contribution in [0.1, 0.15) is 19.3 Å². The highest BCUT2D eigenvalue weighted by Crippen LogP contribution is 1.90. The van der Waals surface area contributed by atoms with Crippen LogP contribution in [0.4, 0.5) is 0 Å². The molecule has 1 N–H and O–H groups in total. The van der Waals surface area contributed by atoms with E-state index in [1.807, 2.05) is 6.21 Å². The van der Waals surface area contributed by atoms with Gasteiger partial charge in [0.2, 0.25) is 0 Å². The maximum Gasteiger partial charge on any atom is 0.251 e. The molecule has 39 valence electrons. The molecule has 0 aromatic carbocycles. The maximum absolute atomic E-state index is 3.90. The van der Waals surface area contributed by atoms with Gasteiger partial charge in [0.25, 0.3) is 6.21 Å². The molecule has 1 heterocycles. The zero-order chi connectivity index (χ0) is 4.95. The quantitative estimate of drug-likeness (QED) is 0.456. The Morgan fingerprint density at radius 3 is 3.43 bits per heavy atom. The lowest BCUT2D eigenvalue weighted by molar-refractivity contribution is 0.650. The second-order valence-electron chi connectivity index (χ2n) is 1.72. The van der Waals surface area contributed by atoms with Gasteiger partial charge in [-0.2, -0.15) is 0 Å². The molecular weight excluding hydrogens is 88.1 g/mol. The molecule has 2 nitrogen and oxygen atoms in total. The Morgan fingerprint density at radius 2 is 2.43 bits per heavy atom. The van der Waals surface area contributed by atoms with Crippen molar-refractivity contribution < 1.29 is 0 Å². The molecule has 1 rings (SSSR count). The topological polar surface area (TPSA) is 26.1 Å². The molecule has 0 amide bonds. The van der Waals surface area contributed by atoms with Crippen LogP contribution in [0.5, 0.6) is 0 Å². The molecule has 0 unspecified atom stereocenters. The van der Waals surface area contributed by atoms with Gasteiger partial charge in [-0.3, -0.25) is 0 Å². The summed E-state index contributed by atoms with van der Waals surface area (Å²) in [6.07, 6.45) is 5.64. The van der Waals surface area contributed by atoms with Crippen LogP contribution in [0.15, 0.2) is 0 Å². The number of hydrogen-bond donors (Lipinski definition) is 1. The van der Waals surface area contributed by atoms with Gasteiger partial charge in [-0.1, -0.05) is 0 Å². The minimum atomic E-state index is 1.05. The van der Waals surface area contributed by atoms with E-state index in [0.29, 0.717) is 0 Å². The zero-order valence-corrected chi connectivity index (χ0v) is 4.35. The van der Waals surface area contributed by atoms with Gasteiger partial charge in [-0.25, -0.2) is 0 Å². The van der Waals surface area contributed by atoms with E-state index in [1.165, 1.54) is 12.8 Å². The van der Waals surface area contributed by atoms with Crippen molar-refractivity contribution in [3.8, 4) is 0 Å². The van der Waals surface area contributed by atoms with Crippen LogP contribution in [0.2, 0.25) is 0 Å². The molecule has 0 saturated carbocycles. The molecule has 1 aliphatic rings. The van der Waals surface area contributed by atoms with Gasteiger partial charge in [0.05, 0.1) is 6.54 Å². The molecule has 0 aromatic rings. The van der Waals surface area contributed by atoms with Crippen LogP contribution in [-0.2, 0) is 0 Å². The second kappa shape index (κ2) is 2.61. The van der Waals surface area contributed by atoms with E-state index in [0.717, 1.165) is 13.0 Å². The van der Waals surface area contributed by atoms with E-state index < -0.39 is 0 Å². The Kier molecular flexibility index (Phi) is 1.72. The van der Waals surface area contributed by atoms with E-state index in [2.05, 4.69) is 10.5 Å². The summed E-state index contributed by atoms with van der Waals surface area (Å²) >= 11 is 0. The van der Waals surface area contributed by atoms with Crippen LogP contribution in [0.3, 0.4) is 0 Å². The lowest BCUT2D eigenvalue weighted by atomic mass is 10.2. The van der Waals surface area contributed by atoms with E-state index in [4.69, 9.17) is 0 Å². The largest absolute Gasteiger partial charge is 0.251 e. The molecule has 7 heavy (non-hydrogen) atoms. The summed E-state index contributed by atoms with van der Waals surface area (Å²) in [5.74, 6) is 0. The van der Waals surface area contributed by atoms with Crippen molar-refractivity contribution in [2.24, 2.45) is 0 Å².